The molecule has 1 rings (SSSR count). The minimum Gasteiger partial charge on any atom is -0.492 e. The number of hydrogen-bond acceptors (Lipinski definition) is 4. The molecule has 1 heterocycles. The third kappa shape index (κ3) is 3.22. The van der Waals surface area contributed by atoms with Crippen LogP contribution in [-0.4, -0.2) is 24.7 Å². The number of ether oxygens (including phenoxy) is 1. The van der Waals surface area contributed by atoms with E-state index in [4.69, 9.17) is 10.5 Å². The number of nitrogens with two attached hydrogens (primary N) is 1. The van der Waals surface area contributed by atoms with Crippen LogP contribution in [0.3, 0.4) is 0 Å². The zero-order valence-corrected chi connectivity index (χ0v) is 8.66. The summed E-state index contributed by atoms with van der Waals surface area (Å²) in [7, 11) is 1.93. The Balaban J connectivity index is 2.44. The molecule has 1 aromatic heterocycles. The number of nitrogens with zero attached hydrogens (tertiary/aromatic N) is 1. The van der Waals surface area contributed by atoms with Gasteiger partial charge in [-0.05, 0) is 19.5 Å². The maximum atomic E-state index is 5.55. The highest BCUT2D eigenvalue weighted by molar-refractivity contribution is 5.35. The number of pyridine rings is 1. The van der Waals surface area contributed by atoms with Crippen LogP contribution < -0.4 is 15.8 Å². The van der Waals surface area contributed by atoms with Gasteiger partial charge in [0.15, 0.2) is 0 Å². The second-order valence-electron chi connectivity index (χ2n) is 3.12. The summed E-state index contributed by atoms with van der Waals surface area (Å²) in [5, 5.41) is 3.16. The fourth-order valence-corrected chi connectivity index (χ4v) is 1.12. The molecule has 1 atom stereocenters. The Bertz CT molecular complexity index is 274. The van der Waals surface area contributed by atoms with Gasteiger partial charge in [0.2, 0.25) is 0 Å². The van der Waals surface area contributed by atoms with Crippen molar-refractivity contribution in [2.24, 2.45) is 0 Å². The summed E-state index contributed by atoms with van der Waals surface area (Å²) in [5.41, 5.74) is 5.52. The minimum atomic E-state index is 0.379. The van der Waals surface area contributed by atoms with Crippen LogP contribution in [-0.2, 0) is 0 Å². The van der Waals surface area contributed by atoms with Crippen LogP contribution in [0.15, 0.2) is 18.3 Å². The maximum Gasteiger partial charge on any atom is 0.126 e. The average Bonchev–Trinajstić information content (AvgIpc) is 2.19. The number of hydrogen-bond donors (Lipinski definition) is 2. The first-order valence-corrected chi connectivity index (χ1v) is 4.77. The predicted octanol–water partition coefficient (Wildman–Crippen LogP) is 1.04. The normalized spacial score (nSPS) is 12.4. The zero-order chi connectivity index (χ0) is 10.4. The van der Waals surface area contributed by atoms with Crippen LogP contribution >= 0.6 is 0 Å². The Morgan fingerprint density at radius 3 is 3.00 bits per heavy atom. The molecule has 1 aromatic rings. The summed E-state index contributed by atoms with van der Waals surface area (Å²) in [4.78, 5) is 3.89. The Morgan fingerprint density at radius 2 is 2.43 bits per heavy atom. The number of likely N-dealkylation sites (N-methyl/N-ethyl adjacent to an activating group) is 1. The first-order valence-electron chi connectivity index (χ1n) is 4.77. The molecule has 3 N–H and O–H groups in total. The van der Waals surface area contributed by atoms with Crippen molar-refractivity contribution in [2.75, 3.05) is 19.4 Å². The van der Waals surface area contributed by atoms with E-state index >= 15 is 0 Å². The van der Waals surface area contributed by atoms with E-state index in [1.54, 1.807) is 18.3 Å². The maximum absolute atomic E-state index is 5.55. The fourth-order valence-electron chi connectivity index (χ4n) is 1.12. The molecule has 1 unspecified atom stereocenters. The third-order valence-corrected chi connectivity index (χ3v) is 2.10. The molecule has 4 nitrogen and oxygen atoms in total. The Morgan fingerprint density at radius 1 is 1.64 bits per heavy atom. The molecule has 0 aliphatic carbocycles. The average molecular weight is 195 g/mol. The lowest BCUT2D eigenvalue weighted by Gasteiger charge is -2.14. The van der Waals surface area contributed by atoms with E-state index in [0.717, 1.165) is 12.2 Å². The lowest BCUT2D eigenvalue weighted by Crippen LogP contribution is -2.30. The first-order chi connectivity index (χ1) is 6.76. The van der Waals surface area contributed by atoms with Crippen LogP contribution in [0, 0.1) is 0 Å². The monoisotopic (exact) mass is 195 g/mol. The van der Waals surface area contributed by atoms with Gasteiger partial charge in [-0.3, -0.25) is 0 Å². The number of aromatic nitrogens is 1. The molecule has 0 spiro atoms. The number of nitrogen functional groups attached to an aromatic ring is 1. The van der Waals surface area contributed by atoms with E-state index in [2.05, 4.69) is 17.2 Å². The van der Waals surface area contributed by atoms with Gasteiger partial charge in [-0.2, -0.15) is 0 Å². The molecule has 0 radical (unpaired) electrons. The fraction of sp³-hybridized carbons (Fsp3) is 0.500. The molecule has 0 aliphatic heterocycles. The van der Waals surface area contributed by atoms with Crippen molar-refractivity contribution >= 4 is 5.82 Å². The highest BCUT2D eigenvalue weighted by Crippen LogP contribution is 2.12. The van der Waals surface area contributed by atoms with Crippen molar-refractivity contribution in [3.63, 3.8) is 0 Å². The van der Waals surface area contributed by atoms with Crippen LogP contribution in [0.25, 0.3) is 0 Å². The SMILES string of the molecule is CCC(COc1ccnc(N)c1)NC. The minimum absolute atomic E-state index is 0.379. The molecule has 0 aromatic carbocycles. The summed E-state index contributed by atoms with van der Waals surface area (Å²) in [6.45, 7) is 2.77. The van der Waals surface area contributed by atoms with Gasteiger partial charge in [0.25, 0.3) is 0 Å². The van der Waals surface area contributed by atoms with Gasteiger partial charge in [0.1, 0.15) is 18.2 Å². The number of nitrogens with one attached hydrogen (secondary N) is 1. The molecule has 78 valence electrons. The van der Waals surface area contributed by atoms with E-state index in [1.807, 2.05) is 7.05 Å². The molecule has 0 aliphatic rings. The molecule has 4 heteroatoms. The largest absolute Gasteiger partial charge is 0.492 e. The zero-order valence-electron chi connectivity index (χ0n) is 8.66. The van der Waals surface area contributed by atoms with Crippen molar-refractivity contribution in [3.8, 4) is 5.75 Å². The predicted molar refractivity (Wildman–Crippen MR) is 57.3 cm³/mol. The first kappa shape index (κ1) is 10.8. The van der Waals surface area contributed by atoms with Crippen molar-refractivity contribution in [3.05, 3.63) is 18.3 Å². The van der Waals surface area contributed by atoms with E-state index in [1.165, 1.54) is 0 Å². The van der Waals surface area contributed by atoms with Crippen molar-refractivity contribution in [1.82, 2.24) is 10.3 Å². The smallest absolute Gasteiger partial charge is 0.126 e. The van der Waals surface area contributed by atoms with E-state index < -0.39 is 0 Å². The molecule has 14 heavy (non-hydrogen) atoms. The molecular weight excluding hydrogens is 178 g/mol. The van der Waals surface area contributed by atoms with Crippen LogP contribution in [0.2, 0.25) is 0 Å². The van der Waals surface area contributed by atoms with Gasteiger partial charge in [-0.1, -0.05) is 6.92 Å². The van der Waals surface area contributed by atoms with Crippen molar-refractivity contribution in [2.45, 2.75) is 19.4 Å². The molecule has 0 saturated carbocycles. The van der Waals surface area contributed by atoms with E-state index in [0.29, 0.717) is 18.5 Å². The van der Waals surface area contributed by atoms with Gasteiger partial charge >= 0.3 is 0 Å². The van der Waals surface area contributed by atoms with Gasteiger partial charge in [-0.25, -0.2) is 4.98 Å². The van der Waals surface area contributed by atoms with Gasteiger partial charge in [0.05, 0.1) is 0 Å². The molecular formula is C10H17N3O. The van der Waals surface area contributed by atoms with Crippen LogP contribution in [0.1, 0.15) is 13.3 Å². The standard InChI is InChI=1S/C10H17N3O/c1-3-8(12-2)7-14-9-4-5-13-10(11)6-9/h4-6,8,12H,3,7H2,1-2H3,(H2,11,13). The van der Waals surface area contributed by atoms with Gasteiger partial charge < -0.3 is 15.8 Å². The second-order valence-corrected chi connectivity index (χ2v) is 3.12. The highest BCUT2D eigenvalue weighted by Gasteiger charge is 2.03. The van der Waals surface area contributed by atoms with Crippen molar-refractivity contribution in [1.29, 1.82) is 0 Å². The quantitative estimate of drug-likeness (QED) is 0.737. The third-order valence-electron chi connectivity index (χ3n) is 2.10. The summed E-state index contributed by atoms with van der Waals surface area (Å²) in [6, 6.07) is 3.91. The Kier molecular flexibility index (Phi) is 4.19. The van der Waals surface area contributed by atoms with Crippen LogP contribution in [0.4, 0.5) is 5.82 Å². The second kappa shape index (κ2) is 5.44. The topological polar surface area (TPSA) is 60.2 Å². The lowest BCUT2D eigenvalue weighted by atomic mass is 10.2. The molecule has 0 fully saturated rings. The van der Waals surface area contributed by atoms with E-state index in [9.17, 15) is 0 Å². The Hall–Kier alpha value is -1.29. The number of anilines is 1. The van der Waals surface area contributed by atoms with Crippen LogP contribution in [0.5, 0.6) is 5.75 Å². The van der Waals surface area contributed by atoms with Crippen molar-refractivity contribution < 1.29 is 4.74 Å². The molecule has 0 amide bonds. The summed E-state index contributed by atoms with van der Waals surface area (Å²) < 4.78 is 5.55. The van der Waals surface area contributed by atoms with E-state index in [-0.39, 0.29) is 0 Å². The number of rotatable bonds is 5. The summed E-state index contributed by atoms with van der Waals surface area (Å²) in [6.07, 6.45) is 2.68. The molecule has 0 saturated heterocycles. The summed E-state index contributed by atoms with van der Waals surface area (Å²) in [5.74, 6) is 1.26. The lowest BCUT2D eigenvalue weighted by molar-refractivity contribution is 0.267. The van der Waals surface area contributed by atoms with Gasteiger partial charge in [0, 0.05) is 18.3 Å². The summed E-state index contributed by atoms with van der Waals surface area (Å²) >= 11 is 0. The Labute approximate surface area is 84.5 Å². The highest BCUT2D eigenvalue weighted by atomic mass is 16.5. The molecule has 0 bridgehead atoms. The van der Waals surface area contributed by atoms with Gasteiger partial charge in [-0.15, -0.1) is 0 Å².